The average molecular weight is 462 g/mol. The number of piperidine rings is 1. The molecular weight excluding hydrogens is 436 g/mol. The van der Waals surface area contributed by atoms with E-state index in [9.17, 15) is 22.0 Å². The van der Waals surface area contributed by atoms with Gasteiger partial charge in [0.1, 0.15) is 22.3 Å². The zero-order valence-electron chi connectivity index (χ0n) is 17.5. The molecule has 2 aromatic rings. The van der Waals surface area contributed by atoms with E-state index < -0.39 is 32.0 Å². The number of carbonyl (C=O) groups is 1. The Hall–Kier alpha value is -2.52. The Kier molecular flexibility index (Phi) is 5.21. The quantitative estimate of drug-likeness (QED) is 0.635. The van der Waals surface area contributed by atoms with Gasteiger partial charge in [0.25, 0.3) is 10.0 Å². The van der Waals surface area contributed by atoms with E-state index in [-0.39, 0.29) is 17.5 Å². The zero-order chi connectivity index (χ0) is 22.5. The van der Waals surface area contributed by atoms with Gasteiger partial charge < -0.3 is 10.6 Å². The smallest absolute Gasteiger partial charge is 0.264 e. The van der Waals surface area contributed by atoms with Crippen molar-refractivity contribution in [3.63, 3.8) is 0 Å². The summed E-state index contributed by atoms with van der Waals surface area (Å²) >= 11 is 0. The first-order valence-corrected chi connectivity index (χ1v) is 12.4. The molecule has 9 heteroatoms. The van der Waals surface area contributed by atoms with Crippen molar-refractivity contribution in [2.75, 3.05) is 23.1 Å². The van der Waals surface area contributed by atoms with E-state index in [0.29, 0.717) is 12.5 Å². The summed E-state index contributed by atoms with van der Waals surface area (Å²) < 4.78 is 55.6. The van der Waals surface area contributed by atoms with Gasteiger partial charge in [-0.3, -0.25) is 9.52 Å². The van der Waals surface area contributed by atoms with Crippen molar-refractivity contribution in [1.82, 2.24) is 5.32 Å². The van der Waals surface area contributed by atoms with E-state index in [1.807, 2.05) is 0 Å². The fourth-order valence-electron chi connectivity index (χ4n) is 5.13. The van der Waals surface area contributed by atoms with E-state index in [1.54, 1.807) is 12.1 Å². The van der Waals surface area contributed by atoms with Crippen molar-refractivity contribution in [3.05, 3.63) is 53.1 Å². The number of rotatable bonds is 5. The Morgan fingerprint density at radius 2 is 1.81 bits per heavy atom. The number of carbonyl (C=O) groups excluding carboxylic acids is 1. The molecule has 3 N–H and O–H groups in total. The second-order valence-corrected chi connectivity index (χ2v) is 10.6. The van der Waals surface area contributed by atoms with Gasteiger partial charge in [-0.1, -0.05) is 6.42 Å². The summed E-state index contributed by atoms with van der Waals surface area (Å²) in [5, 5.41) is 6.83. The Morgan fingerprint density at radius 1 is 1.06 bits per heavy atom. The molecule has 0 amide bonds. The minimum atomic E-state index is -4.28. The predicted molar refractivity (Wildman–Crippen MR) is 117 cm³/mol. The minimum absolute atomic E-state index is 0.177. The maximum atomic E-state index is 14.2. The first-order chi connectivity index (χ1) is 15.3. The molecule has 2 aromatic carbocycles. The molecule has 1 saturated carbocycles. The third-order valence-corrected chi connectivity index (χ3v) is 8.39. The summed E-state index contributed by atoms with van der Waals surface area (Å²) in [6.07, 6.45) is 4.65. The number of benzene rings is 2. The van der Waals surface area contributed by atoms with Crippen LogP contribution in [0.15, 0.2) is 35.2 Å². The van der Waals surface area contributed by atoms with E-state index in [4.69, 9.17) is 0 Å². The normalized spacial score (nSPS) is 20.1. The van der Waals surface area contributed by atoms with Crippen LogP contribution in [-0.4, -0.2) is 33.3 Å². The second-order valence-electron chi connectivity index (χ2n) is 8.93. The van der Waals surface area contributed by atoms with Gasteiger partial charge in [0.15, 0.2) is 0 Å². The van der Waals surface area contributed by atoms with Crippen molar-refractivity contribution >= 4 is 27.2 Å². The van der Waals surface area contributed by atoms with Gasteiger partial charge in [0.05, 0.1) is 11.1 Å². The molecule has 1 heterocycles. The van der Waals surface area contributed by atoms with Gasteiger partial charge in [-0.25, -0.2) is 17.2 Å². The van der Waals surface area contributed by atoms with E-state index in [0.717, 1.165) is 74.1 Å². The molecular formula is C23H25F2N3O3S. The molecule has 0 bridgehead atoms. The maximum absolute atomic E-state index is 14.2. The lowest BCUT2D eigenvalue weighted by Crippen LogP contribution is -2.39. The van der Waals surface area contributed by atoms with Crippen LogP contribution in [0.1, 0.15) is 43.2 Å². The second kappa shape index (κ2) is 7.81. The molecule has 2 fully saturated rings. The molecule has 2 aliphatic carbocycles. The number of nitrogens with one attached hydrogen (secondary N) is 3. The molecule has 5 rings (SSSR count). The summed E-state index contributed by atoms with van der Waals surface area (Å²) in [7, 11) is -4.28. The number of fused-ring (bicyclic) bond motifs is 2. The van der Waals surface area contributed by atoms with Crippen molar-refractivity contribution in [2.24, 2.45) is 0 Å². The van der Waals surface area contributed by atoms with Crippen molar-refractivity contribution in [2.45, 2.75) is 54.9 Å². The van der Waals surface area contributed by atoms with Gasteiger partial charge in [-0.05, 0) is 74.2 Å². The summed E-state index contributed by atoms with van der Waals surface area (Å²) in [5.41, 5.74) is 2.28. The lowest BCUT2D eigenvalue weighted by Gasteiger charge is -2.38. The zero-order valence-corrected chi connectivity index (χ0v) is 18.3. The van der Waals surface area contributed by atoms with Crippen LogP contribution in [0.4, 0.5) is 20.2 Å². The lowest BCUT2D eigenvalue weighted by molar-refractivity contribution is -0.125. The first kappa shape index (κ1) is 21.3. The van der Waals surface area contributed by atoms with Gasteiger partial charge >= 0.3 is 0 Å². The highest BCUT2D eigenvalue weighted by atomic mass is 32.2. The Morgan fingerprint density at radius 3 is 2.47 bits per heavy atom. The van der Waals surface area contributed by atoms with Gasteiger partial charge in [0.2, 0.25) is 0 Å². The highest BCUT2D eigenvalue weighted by Gasteiger charge is 2.51. The van der Waals surface area contributed by atoms with Crippen LogP contribution in [0.25, 0.3) is 0 Å². The molecule has 0 atom stereocenters. The third-order valence-electron chi connectivity index (χ3n) is 6.98. The maximum Gasteiger partial charge on any atom is 0.264 e. The monoisotopic (exact) mass is 461 g/mol. The molecule has 0 radical (unpaired) electrons. The van der Waals surface area contributed by atoms with Crippen LogP contribution >= 0.6 is 0 Å². The topological polar surface area (TPSA) is 87.3 Å². The Bertz CT molecular complexity index is 1190. The van der Waals surface area contributed by atoms with E-state index in [1.165, 1.54) is 0 Å². The number of hydrogen-bond acceptors (Lipinski definition) is 5. The van der Waals surface area contributed by atoms with Crippen LogP contribution < -0.4 is 15.4 Å². The molecule has 170 valence electrons. The Balaban J connectivity index is 1.54. The standard InChI is InChI=1S/C23H25F2N3O3S/c24-14-2-3-21(19(25)10-14)32(30,31)28-16-11-18-17(13-22(29)23(18)6-1-7-23)20(12-16)27-15-4-8-26-9-5-15/h2-3,10-12,15,26-28H,1,4-9,13H2. The van der Waals surface area contributed by atoms with Crippen LogP contribution in [0.3, 0.4) is 0 Å². The fourth-order valence-corrected chi connectivity index (χ4v) is 6.23. The van der Waals surface area contributed by atoms with Gasteiger partial charge in [-0.15, -0.1) is 0 Å². The predicted octanol–water partition coefficient (Wildman–Crippen LogP) is 3.48. The number of Topliss-reactive ketones (excluding diaryl/α,β-unsaturated/α-hetero) is 1. The van der Waals surface area contributed by atoms with Crippen LogP contribution in [0.2, 0.25) is 0 Å². The molecule has 3 aliphatic rings. The Labute approximate surface area is 185 Å². The minimum Gasteiger partial charge on any atom is -0.382 e. The number of ketones is 1. The molecule has 0 unspecified atom stereocenters. The number of anilines is 2. The molecule has 0 aromatic heterocycles. The SMILES string of the molecule is O=C1Cc2c(NC3CCNCC3)cc(NS(=O)(=O)c3ccc(F)cc3F)cc2C12CCC2. The molecule has 32 heavy (non-hydrogen) atoms. The first-order valence-electron chi connectivity index (χ1n) is 10.9. The summed E-state index contributed by atoms with van der Waals surface area (Å²) in [5.74, 6) is -1.83. The van der Waals surface area contributed by atoms with Crippen LogP contribution in [0.5, 0.6) is 0 Å². The average Bonchev–Trinajstić information content (AvgIpc) is 3.00. The van der Waals surface area contributed by atoms with Gasteiger partial charge in [-0.2, -0.15) is 0 Å². The molecule has 1 spiro atoms. The summed E-state index contributed by atoms with van der Waals surface area (Å²) in [4.78, 5) is 12.3. The number of sulfonamides is 1. The summed E-state index contributed by atoms with van der Waals surface area (Å²) in [6.45, 7) is 1.78. The number of hydrogen-bond donors (Lipinski definition) is 3. The molecule has 1 aliphatic heterocycles. The van der Waals surface area contributed by atoms with E-state index in [2.05, 4.69) is 15.4 Å². The largest absolute Gasteiger partial charge is 0.382 e. The lowest BCUT2D eigenvalue weighted by atomic mass is 9.64. The highest BCUT2D eigenvalue weighted by Crippen LogP contribution is 2.53. The highest BCUT2D eigenvalue weighted by molar-refractivity contribution is 7.92. The van der Waals surface area contributed by atoms with E-state index >= 15 is 0 Å². The molecule has 1 saturated heterocycles. The third kappa shape index (κ3) is 3.57. The van der Waals surface area contributed by atoms with Gasteiger partial charge in [0, 0.05) is 24.2 Å². The fraction of sp³-hybridized carbons (Fsp3) is 0.435. The van der Waals surface area contributed by atoms with Crippen molar-refractivity contribution in [1.29, 1.82) is 0 Å². The van der Waals surface area contributed by atoms with Crippen molar-refractivity contribution in [3.8, 4) is 0 Å². The summed E-state index contributed by atoms with van der Waals surface area (Å²) in [6, 6.07) is 5.98. The number of halogens is 2. The van der Waals surface area contributed by atoms with Crippen LogP contribution in [-0.2, 0) is 26.7 Å². The molecule has 6 nitrogen and oxygen atoms in total. The van der Waals surface area contributed by atoms with Crippen molar-refractivity contribution < 1.29 is 22.0 Å². The van der Waals surface area contributed by atoms with Crippen LogP contribution in [0, 0.1) is 11.6 Å².